The number of nitrogens with zero attached hydrogens (tertiary/aromatic N) is 3. The van der Waals surface area contributed by atoms with Crippen LogP contribution in [0.3, 0.4) is 0 Å². The van der Waals surface area contributed by atoms with Gasteiger partial charge < -0.3 is 4.90 Å². The van der Waals surface area contributed by atoms with E-state index in [0.29, 0.717) is 0 Å². The van der Waals surface area contributed by atoms with Crippen molar-refractivity contribution >= 4 is 17.3 Å². The molecule has 1 atom stereocenters. The summed E-state index contributed by atoms with van der Waals surface area (Å²) >= 11 is 5.53. The molecule has 2 N–H and O–H groups in total. The Bertz CT molecular complexity index is 401. The molecule has 5 heteroatoms. The third-order valence-corrected chi connectivity index (χ3v) is 4.10. The molecule has 0 bridgehead atoms. The molecule has 4 nitrogen and oxygen atoms in total. The second-order valence-electron chi connectivity index (χ2n) is 5.02. The summed E-state index contributed by atoms with van der Waals surface area (Å²) in [4.78, 5) is 6.57. The first-order valence-electron chi connectivity index (χ1n) is 6.94. The molecule has 1 aromatic rings. The average Bonchev–Trinajstić information content (AvgIpc) is 2.75. The number of nitrogens with two attached hydrogens (primary N) is 1. The highest BCUT2D eigenvalue weighted by Gasteiger charge is 2.21. The Balaban J connectivity index is 2.01. The van der Waals surface area contributed by atoms with E-state index in [1.165, 1.54) is 25.7 Å². The van der Waals surface area contributed by atoms with Gasteiger partial charge in [0, 0.05) is 19.3 Å². The lowest BCUT2D eigenvalue weighted by Gasteiger charge is -2.33. The number of aromatic nitrogens is 1. The smallest absolute Gasteiger partial charge is 0.186 e. The van der Waals surface area contributed by atoms with Crippen LogP contribution in [0.4, 0.5) is 0 Å². The summed E-state index contributed by atoms with van der Waals surface area (Å²) in [5.74, 6) is 6.19. The SMILES string of the molecule is CC(c1ccccn1)N(N)C(=S)N1CCCCCC1. The van der Waals surface area contributed by atoms with E-state index in [0.717, 1.165) is 23.9 Å². The van der Waals surface area contributed by atoms with Crippen LogP contribution in [0.25, 0.3) is 0 Å². The van der Waals surface area contributed by atoms with Gasteiger partial charge >= 0.3 is 0 Å². The maximum Gasteiger partial charge on any atom is 0.186 e. The Morgan fingerprint density at radius 2 is 2.00 bits per heavy atom. The fraction of sp³-hybridized carbons (Fsp3) is 0.571. The van der Waals surface area contributed by atoms with E-state index >= 15 is 0 Å². The van der Waals surface area contributed by atoms with Crippen LogP contribution in [0.15, 0.2) is 24.4 Å². The molecule has 2 heterocycles. The van der Waals surface area contributed by atoms with Gasteiger partial charge in [-0.3, -0.25) is 9.99 Å². The van der Waals surface area contributed by atoms with Gasteiger partial charge in [0.25, 0.3) is 0 Å². The standard InChI is InChI=1S/C14H22N4S/c1-12(13-8-4-5-9-16-13)18(15)14(19)17-10-6-2-3-7-11-17/h4-5,8-9,12H,2-3,6-7,10-11,15H2,1H3. The highest BCUT2D eigenvalue weighted by Crippen LogP contribution is 2.18. The van der Waals surface area contributed by atoms with Gasteiger partial charge in [0.2, 0.25) is 0 Å². The highest BCUT2D eigenvalue weighted by atomic mass is 32.1. The van der Waals surface area contributed by atoms with E-state index in [2.05, 4.69) is 9.88 Å². The number of hydrogen-bond donors (Lipinski definition) is 1. The number of thiocarbonyl (C=S) groups is 1. The minimum Gasteiger partial charge on any atom is -0.348 e. The minimum atomic E-state index is -0.00282. The minimum absolute atomic E-state index is 0.00282. The second-order valence-corrected chi connectivity index (χ2v) is 5.39. The molecule has 1 saturated heterocycles. The summed E-state index contributed by atoms with van der Waals surface area (Å²) < 4.78 is 0. The van der Waals surface area contributed by atoms with Crippen LogP contribution in [-0.4, -0.2) is 33.1 Å². The van der Waals surface area contributed by atoms with Gasteiger partial charge in [0.1, 0.15) is 0 Å². The summed E-state index contributed by atoms with van der Waals surface area (Å²) in [5, 5.41) is 2.41. The lowest BCUT2D eigenvalue weighted by molar-refractivity contribution is 0.286. The molecule has 19 heavy (non-hydrogen) atoms. The van der Waals surface area contributed by atoms with Crippen molar-refractivity contribution in [2.24, 2.45) is 5.84 Å². The van der Waals surface area contributed by atoms with E-state index in [-0.39, 0.29) is 6.04 Å². The fourth-order valence-corrected chi connectivity index (χ4v) is 2.70. The Kier molecular flexibility index (Phi) is 5.10. The van der Waals surface area contributed by atoms with E-state index < -0.39 is 0 Å². The van der Waals surface area contributed by atoms with Crippen molar-refractivity contribution in [3.8, 4) is 0 Å². The predicted molar refractivity (Wildman–Crippen MR) is 81.3 cm³/mol. The Labute approximate surface area is 120 Å². The summed E-state index contributed by atoms with van der Waals surface area (Å²) in [5.41, 5.74) is 0.946. The molecule has 0 saturated carbocycles. The topological polar surface area (TPSA) is 45.4 Å². The summed E-state index contributed by atoms with van der Waals surface area (Å²) in [6.07, 6.45) is 6.77. The molecule has 0 aromatic carbocycles. The Morgan fingerprint density at radius 1 is 1.32 bits per heavy atom. The molecule has 2 rings (SSSR count). The maximum atomic E-state index is 6.19. The van der Waals surface area contributed by atoms with Crippen molar-refractivity contribution in [1.82, 2.24) is 14.9 Å². The van der Waals surface area contributed by atoms with Gasteiger partial charge in [-0.05, 0) is 44.1 Å². The van der Waals surface area contributed by atoms with Gasteiger partial charge in [0.15, 0.2) is 5.11 Å². The predicted octanol–water partition coefficient (Wildman–Crippen LogP) is 2.48. The van der Waals surface area contributed by atoms with Crippen molar-refractivity contribution in [2.45, 2.75) is 38.6 Å². The number of hydrogen-bond acceptors (Lipinski definition) is 3. The summed E-state index contributed by atoms with van der Waals surface area (Å²) in [6.45, 7) is 4.06. The number of likely N-dealkylation sites (tertiary alicyclic amines) is 1. The Morgan fingerprint density at radius 3 is 2.58 bits per heavy atom. The number of rotatable bonds is 2. The monoisotopic (exact) mass is 278 g/mol. The largest absolute Gasteiger partial charge is 0.348 e. The van der Waals surface area contributed by atoms with Crippen molar-refractivity contribution < 1.29 is 0 Å². The molecule has 1 fully saturated rings. The number of hydrazine groups is 1. The molecule has 1 aromatic heterocycles. The Hall–Kier alpha value is -1.20. The fourth-order valence-electron chi connectivity index (χ4n) is 2.36. The lowest BCUT2D eigenvalue weighted by atomic mass is 10.2. The first-order chi connectivity index (χ1) is 9.20. The van der Waals surface area contributed by atoms with Gasteiger partial charge in [-0.15, -0.1) is 0 Å². The van der Waals surface area contributed by atoms with Crippen molar-refractivity contribution in [3.05, 3.63) is 30.1 Å². The van der Waals surface area contributed by atoms with Crippen LogP contribution in [0, 0.1) is 0 Å². The van der Waals surface area contributed by atoms with Gasteiger partial charge in [-0.1, -0.05) is 18.9 Å². The zero-order chi connectivity index (χ0) is 13.7. The normalized spacial score (nSPS) is 17.7. The molecular weight excluding hydrogens is 256 g/mol. The van der Waals surface area contributed by atoms with E-state index in [1.54, 1.807) is 11.2 Å². The quantitative estimate of drug-likeness (QED) is 0.511. The molecule has 0 amide bonds. The van der Waals surface area contributed by atoms with Crippen LogP contribution >= 0.6 is 12.2 Å². The third-order valence-electron chi connectivity index (χ3n) is 3.63. The molecule has 0 aliphatic carbocycles. The molecule has 1 unspecified atom stereocenters. The zero-order valence-electron chi connectivity index (χ0n) is 11.5. The van der Waals surface area contributed by atoms with Crippen molar-refractivity contribution in [1.29, 1.82) is 0 Å². The zero-order valence-corrected chi connectivity index (χ0v) is 12.3. The van der Waals surface area contributed by atoms with Crippen LogP contribution in [0.1, 0.15) is 44.3 Å². The van der Waals surface area contributed by atoms with Crippen molar-refractivity contribution in [2.75, 3.05) is 13.1 Å². The molecular formula is C14H22N4S. The van der Waals surface area contributed by atoms with Crippen LogP contribution in [-0.2, 0) is 0 Å². The molecule has 104 valence electrons. The molecule has 0 spiro atoms. The van der Waals surface area contributed by atoms with E-state index in [4.69, 9.17) is 18.1 Å². The maximum absolute atomic E-state index is 6.19. The molecule has 0 radical (unpaired) electrons. The lowest BCUT2D eigenvalue weighted by Crippen LogP contribution is -2.48. The van der Waals surface area contributed by atoms with Crippen molar-refractivity contribution in [3.63, 3.8) is 0 Å². The second kappa shape index (κ2) is 6.82. The number of pyridine rings is 1. The van der Waals surface area contributed by atoms with E-state index in [9.17, 15) is 0 Å². The average molecular weight is 278 g/mol. The van der Waals surface area contributed by atoms with E-state index in [1.807, 2.05) is 25.1 Å². The summed E-state index contributed by atoms with van der Waals surface area (Å²) in [7, 11) is 0. The van der Waals surface area contributed by atoms with Crippen LogP contribution in [0.2, 0.25) is 0 Å². The first kappa shape index (κ1) is 14.2. The third kappa shape index (κ3) is 3.64. The summed E-state index contributed by atoms with van der Waals surface area (Å²) in [6, 6.07) is 5.86. The van der Waals surface area contributed by atoms with Crippen LogP contribution < -0.4 is 5.84 Å². The first-order valence-corrected chi connectivity index (χ1v) is 7.34. The highest BCUT2D eigenvalue weighted by molar-refractivity contribution is 7.80. The van der Waals surface area contributed by atoms with Gasteiger partial charge in [-0.25, -0.2) is 5.84 Å². The molecule has 1 aliphatic rings. The molecule has 1 aliphatic heterocycles. The van der Waals surface area contributed by atoms with Crippen LogP contribution in [0.5, 0.6) is 0 Å². The van der Waals surface area contributed by atoms with Gasteiger partial charge in [0.05, 0.1) is 11.7 Å². The van der Waals surface area contributed by atoms with Gasteiger partial charge in [-0.2, -0.15) is 0 Å².